The van der Waals surface area contributed by atoms with Crippen LogP contribution in [0.2, 0.25) is 0 Å². The predicted molar refractivity (Wildman–Crippen MR) is 84.8 cm³/mol. The number of likely N-dealkylation sites (N-methyl/N-ethyl adjacent to an activating group) is 1. The number of benzene rings is 1. The number of carbonyl (C=O) groups excluding carboxylic acids is 2. The van der Waals surface area contributed by atoms with Crippen molar-refractivity contribution in [3.63, 3.8) is 0 Å². The first-order valence-corrected chi connectivity index (χ1v) is 8.31. The zero-order chi connectivity index (χ0) is 19.8. The molecule has 27 heavy (non-hydrogen) atoms. The van der Waals surface area contributed by atoms with Crippen molar-refractivity contribution in [1.29, 1.82) is 0 Å². The minimum Gasteiger partial charge on any atom is -0.427 e. The lowest BCUT2D eigenvalue weighted by Gasteiger charge is -2.25. The smallest absolute Gasteiger partial charge is 0.427 e. The standard InChI is InChI=1S/C17H18F4N2O4/c1-22-11-8-23(9-13(11)26-7-6-14(22)24)15(25)10-4-2-3-5-12(10)27-17(20,21)16(18)19/h2-5,11,13,16H,6-9H2,1H3/t11-,13-/m0/s1. The number of alkyl halides is 4. The molecule has 2 saturated heterocycles. The first kappa shape index (κ1) is 19.4. The third-order valence-corrected chi connectivity index (χ3v) is 4.68. The highest BCUT2D eigenvalue weighted by Gasteiger charge is 2.46. The molecular weight excluding hydrogens is 372 g/mol. The Morgan fingerprint density at radius 2 is 2.00 bits per heavy atom. The van der Waals surface area contributed by atoms with E-state index in [9.17, 15) is 27.2 Å². The second kappa shape index (κ2) is 7.34. The van der Waals surface area contributed by atoms with Crippen molar-refractivity contribution in [2.24, 2.45) is 0 Å². The number of hydrogen-bond acceptors (Lipinski definition) is 4. The number of rotatable bonds is 4. The van der Waals surface area contributed by atoms with Gasteiger partial charge in [0.25, 0.3) is 5.91 Å². The van der Waals surface area contributed by atoms with Crippen LogP contribution in [0.3, 0.4) is 0 Å². The van der Waals surface area contributed by atoms with Crippen LogP contribution in [0.15, 0.2) is 24.3 Å². The maximum absolute atomic E-state index is 13.3. The highest BCUT2D eigenvalue weighted by molar-refractivity contribution is 5.97. The molecule has 0 aromatic heterocycles. The summed E-state index contributed by atoms with van der Waals surface area (Å²) in [5.41, 5.74) is -0.261. The molecule has 10 heteroatoms. The fourth-order valence-corrected chi connectivity index (χ4v) is 3.21. The van der Waals surface area contributed by atoms with E-state index in [1.807, 2.05) is 0 Å². The van der Waals surface area contributed by atoms with Crippen molar-refractivity contribution in [2.75, 3.05) is 26.7 Å². The van der Waals surface area contributed by atoms with Crippen LogP contribution in [0.1, 0.15) is 16.8 Å². The van der Waals surface area contributed by atoms with Crippen molar-refractivity contribution >= 4 is 11.8 Å². The lowest BCUT2D eigenvalue weighted by Crippen LogP contribution is -2.43. The zero-order valence-electron chi connectivity index (χ0n) is 14.4. The number of likely N-dealkylation sites (tertiary alicyclic amines) is 1. The summed E-state index contributed by atoms with van der Waals surface area (Å²) in [4.78, 5) is 27.6. The quantitative estimate of drug-likeness (QED) is 0.738. The Hall–Kier alpha value is -2.36. The Morgan fingerprint density at radius 3 is 2.70 bits per heavy atom. The molecule has 0 unspecified atom stereocenters. The van der Waals surface area contributed by atoms with E-state index in [1.165, 1.54) is 28.0 Å². The second-order valence-electron chi connectivity index (χ2n) is 6.40. The highest BCUT2D eigenvalue weighted by Crippen LogP contribution is 2.31. The summed E-state index contributed by atoms with van der Waals surface area (Å²) in [7, 11) is 1.61. The van der Waals surface area contributed by atoms with E-state index in [2.05, 4.69) is 4.74 Å². The molecule has 2 fully saturated rings. The minimum atomic E-state index is -4.72. The van der Waals surface area contributed by atoms with Crippen LogP contribution in [0.25, 0.3) is 0 Å². The Morgan fingerprint density at radius 1 is 1.30 bits per heavy atom. The fraction of sp³-hybridized carbons (Fsp3) is 0.529. The van der Waals surface area contributed by atoms with Crippen LogP contribution in [-0.4, -0.2) is 73.0 Å². The monoisotopic (exact) mass is 390 g/mol. The van der Waals surface area contributed by atoms with Gasteiger partial charge in [-0.3, -0.25) is 9.59 Å². The lowest BCUT2D eigenvalue weighted by molar-refractivity contribution is -0.253. The molecule has 0 aliphatic carbocycles. The molecule has 148 valence electrons. The van der Waals surface area contributed by atoms with Gasteiger partial charge in [0.2, 0.25) is 5.91 Å². The first-order chi connectivity index (χ1) is 12.7. The van der Waals surface area contributed by atoms with E-state index >= 15 is 0 Å². The summed E-state index contributed by atoms with van der Waals surface area (Å²) in [6.07, 6.45) is -8.91. The Labute approximate surface area is 152 Å². The Kier molecular flexibility index (Phi) is 5.27. The summed E-state index contributed by atoms with van der Waals surface area (Å²) >= 11 is 0. The first-order valence-electron chi connectivity index (χ1n) is 8.31. The molecule has 2 aliphatic rings. The summed E-state index contributed by atoms with van der Waals surface area (Å²) in [5.74, 6) is -1.41. The Bertz CT molecular complexity index is 731. The molecule has 0 bridgehead atoms. The van der Waals surface area contributed by atoms with Gasteiger partial charge in [0.05, 0.1) is 30.7 Å². The van der Waals surface area contributed by atoms with Gasteiger partial charge in [0.15, 0.2) is 0 Å². The Balaban J connectivity index is 1.80. The summed E-state index contributed by atoms with van der Waals surface area (Å²) in [5, 5.41) is 0. The molecule has 2 atom stereocenters. The van der Waals surface area contributed by atoms with Crippen molar-refractivity contribution in [3.8, 4) is 5.75 Å². The van der Waals surface area contributed by atoms with Gasteiger partial charge in [-0.25, -0.2) is 0 Å². The van der Waals surface area contributed by atoms with Crippen LogP contribution in [0.5, 0.6) is 5.75 Å². The fourth-order valence-electron chi connectivity index (χ4n) is 3.21. The molecule has 1 aromatic carbocycles. The van der Waals surface area contributed by atoms with Gasteiger partial charge < -0.3 is 19.3 Å². The molecule has 0 spiro atoms. The van der Waals surface area contributed by atoms with E-state index in [-0.39, 0.29) is 43.6 Å². The van der Waals surface area contributed by atoms with Crippen molar-refractivity contribution in [1.82, 2.24) is 9.80 Å². The largest absolute Gasteiger partial charge is 0.461 e. The van der Waals surface area contributed by atoms with Gasteiger partial charge in [-0.15, -0.1) is 0 Å². The van der Waals surface area contributed by atoms with Crippen molar-refractivity contribution in [3.05, 3.63) is 29.8 Å². The van der Waals surface area contributed by atoms with Crippen LogP contribution >= 0.6 is 0 Å². The van der Waals surface area contributed by atoms with Crippen LogP contribution in [0, 0.1) is 0 Å². The number of ether oxygens (including phenoxy) is 2. The van der Waals surface area contributed by atoms with E-state index in [4.69, 9.17) is 4.74 Å². The molecule has 3 rings (SSSR count). The number of amides is 2. The van der Waals surface area contributed by atoms with Crippen LogP contribution in [0.4, 0.5) is 17.6 Å². The van der Waals surface area contributed by atoms with E-state index in [0.29, 0.717) is 0 Å². The third kappa shape index (κ3) is 3.85. The number of nitrogens with zero attached hydrogens (tertiary/aromatic N) is 2. The molecule has 6 nitrogen and oxygen atoms in total. The van der Waals surface area contributed by atoms with Crippen molar-refractivity contribution in [2.45, 2.75) is 31.1 Å². The average Bonchev–Trinajstić information content (AvgIpc) is 2.99. The summed E-state index contributed by atoms with van der Waals surface area (Å²) < 4.78 is 61.1. The molecule has 2 heterocycles. The zero-order valence-corrected chi connectivity index (χ0v) is 14.4. The third-order valence-electron chi connectivity index (χ3n) is 4.68. The van der Waals surface area contributed by atoms with E-state index in [1.54, 1.807) is 7.05 Å². The number of fused-ring (bicyclic) bond motifs is 1. The number of carbonyl (C=O) groups is 2. The lowest BCUT2D eigenvalue weighted by atomic mass is 10.1. The highest BCUT2D eigenvalue weighted by atomic mass is 19.3. The predicted octanol–water partition coefficient (Wildman–Crippen LogP) is 1.99. The number of para-hydroxylation sites is 1. The van der Waals surface area contributed by atoms with Gasteiger partial charge in [-0.2, -0.15) is 17.6 Å². The van der Waals surface area contributed by atoms with Crippen LogP contribution < -0.4 is 4.74 Å². The second-order valence-corrected chi connectivity index (χ2v) is 6.40. The maximum Gasteiger partial charge on any atom is 0.461 e. The molecule has 2 amide bonds. The molecule has 0 N–H and O–H groups in total. The topological polar surface area (TPSA) is 59.1 Å². The van der Waals surface area contributed by atoms with Gasteiger partial charge >= 0.3 is 12.5 Å². The van der Waals surface area contributed by atoms with Crippen molar-refractivity contribution < 1.29 is 36.6 Å². The molecule has 2 aliphatic heterocycles. The van der Waals surface area contributed by atoms with Gasteiger partial charge in [0, 0.05) is 20.1 Å². The molecule has 1 aromatic rings. The minimum absolute atomic E-state index is 0.114. The normalized spacial score (nSPS) is 23.4. The molecular formula is C17H18F4N2O4. The SMILES string of the molecule is CN1C(=O)CCO[C@H]2CN(C(=O)c3ccccc3OC(F)(F)C(F)F)C[C@@H]21. The van der Waals surface area contributed by atoms with Gasteiger partial charge in [-0.1, -0.05) is 12.1 Å². The molecule has 0 saturated carbocycles. The maximum atomic E-state index is 13.3. The molecule has 0 radical (unpaired) electrons. The average molecular weight is 390 g/mol. The van der Waals surface area contributed by atoms with Gasteiger partial charge in [0.1, 0.15) is 5.75 Å². The van der Waals surface area contributed by atoms with Crippen LogP contribution in [-0.2, 0) is 9.53 Å². The number of halogens is 4. The van der Waals surface area contributed by atoms with Gasteiger partial charge in [-0.05, 0) is 12.1 Å². The van der Waals surface area contributed by atoms with E-state index in [0.717, 1.165) is 6.07 Å². The summed E-state index contributed by atoms with van der Waals surface area (Å²) in [6, 6.07) is 4.62. The summed E-state index contributed by atoms with van der Waals surface area (Å²) in [6.45, 7) is 0.526. The number of hydrogen-bond donors (Lipinski definition) is 0. The van der Waals surface area contributed by atoms with E-state index < -0.39 is 30.3 Å².